The molecule has 0 N–H and O–H groups in total. The first kappa shape index (κ1) is 9.88. The number of nitrogens with zero attached hydrogens (tertiary/aromatic N) is 3. The number of hydrogen-bond acceptors (Lipinski definition) is 3. The molecule has 60 valence electrons. The molecule has 0 saturated heterocycles. The van der Waals surface area contributed by atoms with Gasteiger partial charge in [0.1, 0.15) is 0 Å². The monoisotopic (exact) mass is 491 g/mol. The van der Waals surface area contributed by atoms with E-state index >= 15 is 0 Å². The van der Waals surface area contributed by atoms with Crippen LogP contribution in [0.3, 0.4) is 0 Å². The van der Waals surface area contributed by atoms with Gasteiger partial charge in [-0.1, -0.05) is 0 Å². The standard InChI is InChI=1S/C3I3N3O2/c4-1-2(9(10)11)8(6)3(5)7-1. The first-order valence-electron chi connectivity index (χ1n) is 2.28. The van der Waals surface area contributed by atoms with Gasteiger partial charge in [-0.05, 0) is 27.5 Å². The molecule has 0 fully saturated rings. The minimum atomic E-state index is -0.441. The summed E-state index contributed by atoms with van der Waals surface area (Å²) < 4.78 is 2.45. The fourth-order valence-electron chi connectivity index (χ4n) is 0.490. The lowest BCUT2D eigenvalue weighted by Crippen LogP contribution is -1.94. The minimum Gasteiger partial charge on any atom is -0.358 e. The summed E-state index contributed by atoms with van der Waals surface area (Å²) >= 11 is 5.62. The number of halogens is 3. The van der Waals surface area contributed by atoms with E-state index in [0.29, 0.717) is 7.53 Å². The molecule has 0 bridgehead atoms. The summed E-state index contributed by atoms with van der Waals surface area (Å²) in [6.07, 6.45) is 0. The highest BCUT2D eigenvalue weighted by Gasteiger charge is 2.22. The molecule has 0 aromatic carbocycles. The van der Waals surface area contributed by atoms with Crippen LogP contribution in [-0.2, 0) is 0 Å². The molecule has 1 aromatic heterocycles. The second-order valence-electron chi connectivity index (χ2n) is 1.53. The molecule has 11 heavy (non-hydrogen) atoms. The van der Waals surface area contributed by atoms with E-state index in [1.165, 1.54) is 2.78 Å². The minimum absolute atomic E-state index is 0.0376. The summed E-state index contributed by atoms with van der Waals surface area (Å²) in [5, 5.41) is 10.4. The van der Waals surface area contributed by atoms with Gasteiger partial charge in [0.15, 0.2) is 3.70 Å². The molecule has 0 radical (unpaired) electrons. The van der Waals surface area contributed by atoms with Gasteiger partial charge < -0.3 is 10.1 Å². The maximum Gasteiger partial charge on any atom is 0.365 e. The number of aromatic nitrogens is 2. The van der Waals surface area contributed by atoms with E-state index in [1.807, 2.05) is 68.0 Å². The van der Waals surface area contributed by atoms with Crippen LogP contribution in [0.2, 0.25) is 0 Å². The molecule has 1 aromatic rings. The van der Waals surface area contributed by atoms with Crippen molar-refractivity contribution in [1.82, 2.24) is 7.76 Å². The van der Waals surface area contributed by atoms with Crippen LogP contribution in [0.5, 0.6) is 0 Å². The Morgan fingerprint density at radius 1 is 1.55 bits per heavy atom. The predicted octanol–water partition coefficient (Wildman–Crippen LogP) is 2.20. The third-order valence-corrected chi connectivity index (χ3v) is 4.18. The van der Waals surface area contributed by atoms with Crippen molar-refractivity contribution < 1.29 is 4.92 Å². The van der Waals surface area contributed by atoms with Crippen LogP contribution in [-0.4, -0.2) is 12.7 Å². The number of nitro groups is 1. The second-order valence-corrected chi connectivity index (χ2v) is 4.48. The molecule has 0 atom stereocenters. The van der Waals surface area contributed by atoms with Crippen LogP contribution in [0.15, 0.2) is 0 Å². The van der Waals surface area contributed by atoms with Crippen LogP contribution < -0.4 is 0 Å². The molecule has 0 amide bonds. The molecule has 0 aliphatic carbocycles. The van der Waals surface area contributed by atoms with Gasteiger partial charge in [0.2, 0.25) is 22.9 Å². The lowest BCUT2D eigenvalue weighted by molar-refractivity contribution is -0.390. The van der Waals surface area contributed by atoms with Crippen LogP contribution >= 0.6 is 68.0 Å². The van der Waals surface area contributed by atoms with Crippen LogP contribution in [0.4, 0.5) is 5.82 Å². The average Bonchev–Trinajstić information content (AvgIpc) is 2.07. The number of rotatable bonds is 1. The van der Waals surface area contributed by atoms with Crippen molar-refractivity contribution in [3.63, 3.8) is 0 Å². The van der Waals surface area contributed by atoms with E-state index in [-0.39, 0.29) is 5.82 Å². The Hall–Kier alpha value is 0.800. The van der Waals surface area contributed by atoms with E-state index < -0.39 is 4.92 Å². The Morgan fingerprint density at radius 2 is 2.09 bits per heavy atom. The lowest BCUT2D eigenvalue weighted by atomic mass is 10.8. The van der Waals surface area contributed by atoms with Crippen molar-refractivity contribution in [3.8, 4) is 0 Å². The van der Waals surface area contributed by atoms with Gasteiger partial charge >= 0.3 is 5.82 Å². The summed E-state index contributed by atoms with van der Waals surface area (Å²) in [6.45, 7) is 0. The number of imidazole rings is 1. The third kappa shape index (κ3) is 1.93. The Kier molecular flexibility index (Phi) is 3.30. The van der Waals surface area contributed by atoms with Crippen LogP contribution in [0.25, 0.3) is 0 Å². The summed E-state index contributed by atoms with van der Waals surface area (Å²) in [4.78, 5) is 13.9. The zero-order valence-corrected chi connectivity index (χ0v) is 11.3. The zero-order valence-electron chi connectivity index (χ0n) is 4.79. The van der Waals surface area contributed by atoms with Crippen LogP contribution in [0.1, 0.15) is 0 Å². The molecule has 0 spiro atoms. The molecule has 0 unspecified atom stereocenters. The van der Waals surface area contributed by atoms with Crippen molar-refractivity contribution in [2.75, 3.05) is 0 Å². The van der Waals surface area contributed by atoms with E-state index in [2.05, 4.69) is 4.98 Å². The first-order chi connectivity index (χ1) is 5.04. The molecule has 0 aliphatic rings. The van der Waals surface area contributed by atoms with E-state index in [4.69, 9.17) is 0 Å². The summed E-state index contributed by atoms with van der Waals surface area (Å²) in [5.41, 5.74) is 0. The van der Waals surface area contributed by atoms with Crippen molar-refractivity contribution in [2.45, 2.75) is 0 Å². The SMILES string of the molecule is O=[N+]([O-])c1c(I)nc(I)n1I. The quantitative estimate of drug-likeness (QED) is 0.344. The zero-order chi connectivity index (χ0) is 8.59. The molecule has 8 heteroatoms. The van der Waals surface area contributed by atoms with Crippen LogP contribution in [0, 0.1) is 17.6 Å². The Bertz CT molecular complexity index is 309. The van der Waals surface area contributed by atoms with Crippen molar-refractivity contribution >= 4 is 73.9 Å². The predicted molar refractivity (Wildman–Crippen MR) is 63.7 cm³/mol. The topological polar surface area (TPSA) is 61.0 Å². The van der Waals surface area contributed by atoms with Crippen molar-refractivity contribution in [2.24, 2.45) is 0 Å². The number of hydrogen-bond donors (Lipinski definition) is 0. The van der Waals surface area contributed by atoms with Gasteiger partial charge in [-0.25, -0.2) is 0 Å². The molecule has 0 saturated carbocycles. The normalized spacial score (nSPS) is 10.1. The third-order valence-electron chi connectivity index (χ3n) is 0.896. The van der Waals surface area contributed by atoms with Crippen molar-refractivity contribution in [1.29, 1.82) is 0 Å². The fraction of sp³-hybridized carbons (Fsp3) is 0. The Labute approximate surface area is 103 Å². The van der Waals surface area contributed by atoms with E-state index in [0.717, 1.165) is 0 Å². The molecular formula is C3I3N3O2. The fourth-order valence-corrected chi connectivity index (χ4v) is 3.06. The average molecular weight is 491 g/mol. The van der Waals surface area contributed by atoms with Gasteiger partial charge in [0.05, 0.1) is 0 Å². The molecule has 1 heterocycles. The lowest BCUT2D eigenvalue weighted by Gasteiger charge is -1.90. The van der Waals surface area contributed by atoms with Gasteiger partial charge in [-0.15, -0.1) is 2.78 Å². The maximum absolute atomic E-state index is 10.4. The van der Waals surface area contributed by atoms with E-state index in [1.54, 1.807) is 0 Å². The molecule has 1 rings (SSSR count). The second kappa shape index (κ2) is 3.68. The van der Waals surface area contributed by atoms with E-state index in [9.17, 15) is 10.1 Å². The highest BCUT2D eigenvalue weighted by Crippen LogP contribution is 2.25. The molecular weight excluding hydrogens is 491 g/mol. The van der Waals surface area contributed by atoms with Gasteiger partial charge in [-0.3, -0.25) is 0 Å². The first-order valence-corrected chi connectivity index (χ1v) is 5.40. The molecule has 0 aliphatic heterocycles. The van der Waals surface area contributed by atoms with Crippen molar-refractivity contribution in [3.05, 3.63) is 17.6 Å². The summed E-state index contributed by atoms with van der Waals surface area (Å²) in [5.74, 6) is 0.0376. The van der Waals surface area contributed by atoms with Gasteiger partial charge in [0.25, 0.3) is 3.83 Å². The Morgan fingerprint density at radius 3 is 2.27 bits per heavy atom. The van der Waals surface area contributed by atoms with Gasteiger partial charge in [-0.2, -0.15) is 4.98 Å². The summed E-state index contributed by atoms with van der Waals surface area (Å²) in [7, 11) is 0. The van der Waals surface area contributed by atoms with Gasteiger partial charge in [0, 0.05) is 22.6 Å². The largest absolute Gasteiger partial charge is 0.365 e. The molecule has 5 nitrogen and oxygen atoms in total. The highest BCUT2D eigenvalue weighted by molar-refractivity contribution is 14.1. The smallest absolute Gasteiger partial charge is 0.358 e. The Balaban J connectivity index is 3.34. The summed E-state index contributed by atoms with van der Waals surface area (Å²) in [6, 6.07) is 0. The highest BCUT2D eigenvalue weighted by atomic mass is 127. The maximum atomic E-state index is 10.4.